The lowest BCUT2D eigenvalue weighted by Crippen LogP contribution is -2.53. The van der Waals surface area contributed by atoms with Gasteiger partial charge in [0.15, 0.2) is 0 Å². The Balaban J connectivity index is 1.46. The van der Waals surface area contributed by atoms with Crippen LogP contribution in [0.3, 0.4) is 0 Å². The number of rotatable bonds is 6. The summed E-state index contributed by atoms with van der Waals surface area (Å²) in [4.78, 5) is 14.6. The molecule has 0 aromatic carbocycles. The lowest BCUT2D eigenvalue weighted by molar-refractivity contribution is -0.0677. The van der Waals surface area contributed by atoms with Gasteiger partial charge < -0.3 is 5.11 Å². The molecule has 0 radical (unpaired) electrons. The smallest absolute Gasteiger partial charge is 0.266 e. The molecule has 7 nitrogen and oxygen atoms in total. The third kappa shape index (κ3) is 3.84. The van der Waals surface area contributed by atoms with Gasteiger partial charge in [-0.05, 0) is 45.1 Å². The summed E-state index contributed by atoms with van der Waals surface area (Å²) in [5.41, 5.74) is 1.02. The number of piperidine rings is 1. The van der Waals surface area contributed by atoms with E-state index in [9.17, 15) is 9.90 Å². The van der Waals surface area contributed by atoms with Gasteiger partial charge in [0.25, 0.3) is 5.56 Å². The molecule has 0 amide bonds. The molecule has 0 spiro atoms. The Morgan fingerprint density at radius 2 is 2.00 bits per heavy atom. The molecule has 4 rings (SSSR count). The highest BCUT2D eigenvalue weighted by atomic mass is 16.3. The molecule has 2 aromatic rings. The highest BCUT2D eigenvalue weighted by Crippen LogP contribution is 2.42. The second-order valence-electron chi connectivity index (χ2n) is 8.27. The van der Waals surface area contributed by atoms with Gasteiger partial charge in [0, 0.05) is 43.0 Å². The van der Waals surface area contributed by atoms with Crippen molar-refractivity contribution in [1.29, 1.82) is 0 Å². The minimum absolute atomic E-state index is 0.146. The molecule has 146 valence electrons. The second kappa shape index (κ2) is 7.20. The standard InChI is InChI=1S/C20H29N5O2/c1-3-8-23-12-16(11-21-23)13-24-17-5-6-18(24)10-20(27,9-17)14-25-19(26)7-4-15(2)22-25/h4,7,11-12,17-18,27H,3,5-6,8-10,13-14H2,1-2H3. The molecule has 2 aliphatic heterocycles. The molecule has 7 heteroatoms. The van der Waals surface area contributed by atoms with Gasteiger partial charge in [-0.1, -0.05) is 6.92 Å². The van der Waals surface area contributed by atoms with Crippen LogP contribution in [0.25, 0.3) is 0 Å². The number of nitrogens with zero attached hydrogens (tertiary/aromatic N) is 5. The van der Waals surface area contributed by atoms with E-state index in [1.54, 1.807) is 6.07 Å². The zero-order valence-electron chi connectivity index (χ0n) is 16.2. The molecular weight excluding hydrogens is 342 g/mol. The van der Waals surface area contributed by atoms with E-state index in [1.807, 2.05) is 17.8 Å². The molecule has 2 fully saturated rings. The number of aryl methyl sites for hydroxylation is 2. The summed E-state index contributed by atoms with van der Waals surface area (Å²) >= 11 is 0. The summed E-state index contributed by atoms with van der Waals surface area (Å²) < 4.78 is 3.44. The third-order valence-corrected chi connectivity index (χ3v) is 5.95. The number of hydrogen-bond donors (Lipinski definition) is 1. The average Bonchev–Trinajstić information content (AvgIpc) is 3.15. The summed E-state index contributed by atoms with van der Waals surface area (Å²) in [6.45, 7) is 6.14. The molecule has 0 aliphatic carbocycles. The minimum Gasteiger partial charge on any atom is -0.388 e. The minimum atomic E-state index is -0.862. The maximum atomic E-state index is 12.1. The van der Waals surface area contributed by atoms with Crippen molar-refractivity contribution < 1.29 is 5.11 Å². The fraction of sp³-hybridized carbons (Fsp3) is 0.650. The maximum Gasteiger partial charge on any atom is 0.266 e. The third-order valence-electron chi connectivity index (χ3n) is 5.95. The van der Waals surface area contributed by atoms with Crippen LogP contribution >= 0.6 is 0 Å². The summed E-state index contributed by atoms with van der Waals surface area (Å²) in [7, 11) is 0. The van der Waals surface area contributed by atoms with E-state index in [4.69, 9.17) is 0 Å². The quantitative estimate of drug-likeness (QED) is 0.837. The van der Waals surface area contributed by atoms with Crippen LogP contribution in [-0.2, 0) is 19.6 Å². The molecule has 2 saturated heterocycles. The zero-order valence-corrected chi connectivity index (χ0v) is 16.2. The predicted octanol–water partition coefficient (Wildman–Crippen LogP) is 1.72. The first-order chi connectivity index (χ1) is 13.0. The van der Waals surface area contributed by atoms with Crippen LogP contribution in [0.2, 0.25) is 0 Å². The Kier molecular flexibility index (Phi) is 4.90. The lowest BCUT2D eigenvalue weighted by atomic mass is 9.85. The van der Waals surface area contributed by atoms with E-state index in [2.05, 4.69) is 28.2 Å². The average molecular weight is 371 g/mol. The summed E-state index contributed by atoms with van der Waals surface area (Å²) in [5, 5.41) is 20.0. The highest BCUT2D eigenvalue weighted by molar-refractivity contribution is 5.09. The van der Waals surface area contributed by atoms with Gasteiger partial charge in [0.1, 0.15) is 0 Å². The highest BCUT2D eigenvalue weighted by Gasteiger charge is 2.47. The fourth-order valence-electron chi connectivity index (χ4n) is 4.79. The van der Waals surface area contributed by atoms with E-state index in [1.165, 1.54) is 16.3 Å². The van der Waals surface area contributed by atoms with Crippen molar-refractivity contribution >= 4 is 0 Å². The van der Waals surface area contributed by atoms with Crippen molar-refractivity contribution in [2.24, 2.45) is 0 Å². The van der Waals surface area contributed by atoms with Gasteiger partial charge in [0.2, 0.25) is 0 Å². The molecule has 4 heterocycles. The van der Waals surface area contributed by atoms with Crippen LogP contribution in [0.15, 0.2) is 29.3 Å². The van der Waals surface area contributed by atoms with Crippen LogP contribution in [0.1, 0.15) is 50.3 Å². The van der Waals surface area contributed by atoms with E-state index in [0.29, 0.717) is 24.9 Å². The van der Waals surface area contributed by atoms with Crippen molar-refractivity contribution in [3.63, 3.8) is 0 Å². The van der Waals surface area contributed by atoms with Crippen LogP contribution < -0.4 is 5.56 Å². The van der Waals surface area contributed by atoms with Gasteiger partial charge in [-0.3, -0.25) is 14.4 Å². The number of aliphatic hydroxyl groups is 1. The molecule has 27 heavy (non-hydrogen) atoms. The predicted molar refractivity (Wildman–Crippen MR) is 102 cm³/mol. The second-order valence-corrected chi connectivity index (χ2v) is 8.27. The molecule has 2 aliphatic rings. The number of fused-ring (bicyclic) bond motifs is 2. The van der Waals surface area contributed by atoms with Gasteiger partial charge in [-0.15, -0.1) is 0 Å². The van der Waals surface area contributed by atoms with Crippen molar-refractivity contribution in [2.75, 3.05) is 0 Å². The summed E-state index contributed by atoms with van der Waals surface area (Å²) in [6, 6.07) is 3.95. The van der Waals surface area contributed by atoms with E-state index < -0.39 is 5.60 Å². The summed E-state index contributed by atoms with van der Waals surface area (Å²) in [5.74, 6) is 0. The molecule has 2 atom stereocenters. The molecule has 0 saturated carbocycles. The van der Waals surface area contributed by atoms with Gasteiger partial charge >= 0.3 is 0 Å². The fourth-order valence-corrected chi connectivity index (χ4v) is 4.79. The van der Waals surface area contributed by atoms with Crippen molar-refractivity contribution in [3.8, 4) is 0 Å². The van der Waals surface area contributed by atoms with Crippen LogP contribution in [-0.4, -0.2) is 47.3 Å². The van der Waals surface area contributed by atoms with Crippen LogP contribution in [0.4, 0.5) is 0 Å². The monoisotopic (exact) mass is 371 g/mol. The Bertz CT molecular complexity index is 844. The van der Waals surface area contributed by atoms with Gasteiger partial charge in [-0.2, -0.15) is 10.2 Å². The van der Waals surface area contributed by atoms with E-state index in [0.717, 1.165) is 38.0 Å². The molecule has 1 N–H and O–H groups in total. The first kappa shape index (κ1) is 18.4. The SMILES string of the molecule is CCCn1cc(CN2C3CCC2CC(O)(Cn2nc(C)ccc2=O)C3)cn1. The number of aromatic nitrogens is 4. The number of hydrogen-bond acceptors (Lipinski definition) is 5. The Morgan fingerprint density at radius 3 is 2.70 bits per heavy atom. The maximum absolute atomic E-state index is 12.1. The van der Waals surface area contributed by atoms with Crippen molar-refractivity contribution in [3.05, 3.63) is 46.1 Å². The van der Waals surface area contributed by atoms with E-state index >= 15 is 0 Å². The summed E-state index contributed by atoms with van der Waals surface area (Å²) in [6.07, 6.45) is 8.77. The topological polar surface area (TPSA) is 76.2 Å². The van der Waals surface area contributed by atoms with E-state index in [-0.39, 0.29) is 12.1 Å². The first-order valence-corrected chi connectivity index (χ1v) is 10.00. The van der Waals surface area contributed by atoms with Crippen LogP contribution in [0, 0.1) is 6.92 Å². The Morgan fingerprint density at radius 1 is 1.26 bits per heavy atom. The normalized spacial score (nSPS) is 28.0. The van der Waals surface area contributed by atoms with Crippen molar-refractivity contribution in [2.45, 2.75) is 83.3 Å². The molecule has 2 bridgehead atoms. The van der Waals surface area contributed by atoms with Gasteiger partial charge in [-0.25, -0.2) is 4.68 Å². The first-order valence-electron chi connectivity index (χ1n) is 10.00. The Labute approximate surface area is 159 Å². The molecule has 2 unspecified atom stereocenters. The molecular formula is C20H29N5O2. The van der Waals surface area contributed by atoms with Crippen molar-refractivity contribution in [1.82, 2.24) is 24.5 Å². The van der Waals surface area contributed by atoms with Crippen LogP contribution in [0.5, 0.6) is 0 Å². The van der Waals surface area contributed by atoms with Gasteiger partial charge in [0.05, 0.1) is 24.0 Å². The lowest BCUT2D eigenvalue weighted by Gasteiger charge is -2.43. The zero-order chi connectivity index (χ0) is 19.0. The molecule has 2 aromatic heterocycles. The Hall–Kier alpha value is -1.99. The largest absolute Gasteiger partial charge is 0.388 e.